The molecule has 4 rings (SSSR count). The van der Waals surface area contributed by atoms with Gasteiger partial charge >= 0.3 is 0 Å². The number of aliphatic imine (C=N–C) groups is 1. The third kappa shape index (κ3) is 3.86. The molecule has 0 amide bonds. The Morgan fingerprint density at radius 1 is 1.17 bits per heavy atom. The molecule has 7 nitrogen and oxygen atoms in total. The lowest BCUT2D eigenvalue weighted by Gasteiger charge is -2.20. The number of halogens is 1. The fourth-order valence-electron chi connectivity index (χ4n) is 3.51. The monoisotopic (exact) mass is 407 g/mol. The summed E-state index contributed by atoms with van der Waals surface area (Å²) >= 11 is 0. The van der Waals surface area contributed by atoms with Gasteiger partial charge < -0.3 is 9.47 Å². The van der Waals surface area contributed by atoms with E-state index in [1.54, 1.807) is 26.5 Å². The van der Waals surface area contributed by atoms with Crippen molar-refractivity contribution in [3.63, 3.8) is 0 Å². The number of ether oxygens (including phenoxy) is 2. The lowest BCUT2D eigenvalue weighted by atomic mass is 10.0. The second-order valence-corrected chi connectivity index (χ2v) is 6.96. The van der Waals surface area contributed by atoms with Crippen LogP contribution in [0, 0.1) is 12.7 Å². The summed E-state index contributed by atoms with van der Waals surface area (Å²) in [5.74, 6) is 1.67. The van der Waals surface area contributed by atoms with Crippen molar-refractivity contribution in [1.29, 1.82) is 0 Å². The highest BCUT2D eigenvalue weighted by atomic mass is 19.1. The molecule has 3 heterocycles. The van der Waals surface area contributed by atoms with Crippen LogP contribution in [0.3, 0.4) is 0 Å². The Hall–Kier alpha value is -3.39. The zero-order chi connectivity index (χ0) is 21.1. The van der Waals surface area contributed by atoms with E-state index in [-0.39, 0.29) is 11.9 Å². The molecule has 0 spiro atoms. The highest BCUT2D eigenvalue weighted by Gasteiger charge is 2.23. The first kappa shape index (κ1) is 19.9. The van der Waals surface area contributed by atoms with Crippen LogP contribution in [-0.2, 0) is 16.1 Å². The Bertz CT molecular complexity index is 1110. The van der Waals surface area contributed by atoms with Gasteiger partial charge in [0.25, 0.3) is 0 Å². The van der Waals surface area contributed by atoms with E-state index in [9.17, 15) is 4.39 Å². The average molecular weight is 407 g/mol. The van der Waals surface area contributed by atoms with E-state index >= 15 is 0 Å². The number of hydrogen-bond acceptors (Lipinski definition) is 6. The highest BCUT2D eigenvalue weighted by Crippen LogP contribution is 2.28. The molecular formula is C22H22FN5O2. The van der Waals surface area contributed by atoms with E-state index in [1.807, 2.05) is 35.9 Å². The van der Waals surface area contributed by atoms with Crippen molar-refractivity contribution < 1.29 is 13.9 Å². The van der Waals surface area contributed by atoms with Crippen molar-refractivity contribution >= 4 is 6.21 Å². The number of aryl methyl sites for hydroxylation is 1. The van der Waals surface area contributed by atoms with Gasteiger partial charge in [0.2, 0.25) is 5.88 Å². The van der Waals surface area contributed by atoms with E-state index in [0.717, 1.165) is 16.7 Å². The molecule has 8 heteroatoms. The normalized spacial score (nSPS) is 15.9. The second-order valence-electron chi connectivity index (χ2n) is 6.96. The van der Waals surface area contributed by atoms with Gasteiger partial charge in [-0.2, -0.15) is 0 Å². The van der Waals surface area contributed by atoms with Gasteiger partial charge in [-0.15, -0.1) is 10.2 Å². The summed E-state index contributed by atoms with van der Waals surface area (Å²) in [7, 11) is 3.22. The van der Waals surface area contributed by atoms with Gasteiger partial charge in [-0.25, -0.2) is 9.38 Å². The zero-order valence-electron chi connectivity index (χ0n) is 17.0. The van der Waals surface area contributed by atoms with Crippen molar-refractivity contribution in [1.82, 2.24) is 19.7 Å². The minimum absolute atomic E-state index is 0.0696. The number of hydrogen-bond donors (Lipinski definition) is 0. The molecule has 30 heavy (non-hydrogen) atoms. The van der Waals surface area contributed by atoms with E-state index < -0.39 is 0 Å². The lowest BCUT2D eigenvalue weighted by molar-refractivity contribution is 0.173. The van der Waals surface area contributed by atoms with E-state index in [0.29, 0.717) is 36.3 Å². The summed E-state index contributed by atoms with van der Waals surface area (Å²) in [6, 6.07) is 8.51. The molecule has 0 bridgehead atoms. The minimum atomic E-state index is -0.251. The Labute approximate surface area is 173 Å². The van der Waals surface area contributed by atoms with E-state index in [4.69, 9.17) is 9.47 Å². The van der Waals surface area contributed by atoms with Crippen molar-refractivity contribution in [2.75, 3.05) is 14.2 Å². The van der Waals surface area contributed by atoms with Crippen LogP contribution in [0.4, 0.5) is 4.39 Å². The van der Waals surface area contributed by atoms with Crippen molar-refractivity contribution in [2.24, 2.45) is 4.99 Å². The fraction of sp³-hybridized carbons (Fsp3) is 0.273. The molecule has 1 aliphatic rings. The molecule has 1 aliphatic heterocycles. The summed E-state index contributed by atoms with van der Waals surface area (Å²) in [4.78, 5) is 8.94. The first-order valence-electron chi connectivity index (χ1n) is 9.54. The maximum Gasteiger partial charge on any atom is 0.208 e. The quantitative estimate of drug-likeness (QED) is 0.615. The number of benzene rings is 1. The van der Waals surface area contributed by atoms with E-state index in [2.05, 4.69) is 20.2 Å². The predicted molar refractivity (Wildman–Crippen MR) is 111 cm³/mol. The van der Waals surface area contributed by atoms with Crippen molar-refractivity contribution in [3.8, 4) is 22.6 Å². The molecule has 0 aliphatic carbocycles. The van der Waals surface area contributed by atoms with Gasteiger partial charge in [0.15, 0.2) is 11.6 Å². The predicted octanol–water partition coefficient (Wildman–Crippen LogP) is 4.10. The first-order valence-corrected chi connectivity index (χ1v) is 9.54. The summed E-state index contributed by atoms with van der Waals surface area (Å²) in [5, 5.41) is 8.65. The molecule has 154 valence electrons. The van der Waals surface area contributed by atoms with Gasteiger partial charge in [0.05, 0.1) is 13.2 Å². The standard InChI is InChI=1S/C22H22FN5O2/c1-14-10-16(23)5-7-18(14)15-4-8-19(24-11-15)22-27-26-20(13-29-2)28(22)17-6-9-21(30-3)25-12-17/h4-5,7-12,17H,6,13H2,1-3H3/t17-/m1/s1. The van der Waals surface area contributed by atoms with Gasteiger partial charge in [0.1, 0.15) is 18.1 Å². The first-order chi connectivity index (χ1) is 14.6. The number of rotatable bonds is 6. The van der Waals surface area contributed by atoms with Crippen LogP contribution in [0.15, 0.2) is 53.5 Å². The van der Waals surface area contributed by atoms with Crippen molar-refractivity contribution in [2.45, 2.75) is 26.0 Å². The molecule has 0 unspecified atom stereocenters. The van der Waals surface area contributed by atoms with Crippen molar-refractivity contribution in [3.05, 3.63) is 65.7 Å². The number of allylic oxidation sites excluding steroid dienone is 1. The minimum Gasteiger partial charge on any atom is -0.481 e. The lowest BCUT2D eigenvalue weighted by Crippen LogP contribution is -2.17. The average Bonchev–Trinajstić information content (AvgIpc) is 3.18. The molecule has 2 aromatic heterocycles. The SMILES string of the molecule is COCc1nnc(-c2ccc(-c3ccc(F)cc3C)cn2)n1[C@H]1C=NC(OC)=CC1. The molecule has 0 N–H and O–H groups in total. The Morgan fingerprint density at radius 2 is 2.03 bits per heavy atom. The maximum absolute atomic E-state index is 13.4. The fourth-order valence-corrected chi connectivity index (χ4v) is 3.51. The topological polar surface area (TPSA) is 74.4 Å². The van der Waals surface area contributed by atoms with Crippen LogP contribution < -0.4 is 0 Å². The molecule has 1 aromatic carbocycles. The molecule has 1 atom stereocenters. The smallest absolute Gasteiger partial charge is 0.208 e. The maximum atomic E-state index is 13.4. The summed E-state index contributed by atoms with van der Waals surface area (Å²) < 4.78 is 25.9. The summed E-state index contributed by atoms with van der Waals surface area (Å²) in [5.41, 5.74) is 3.39. The molecule has 3 aromatic rings. The van der Waals surface area contributed by atoms with Gasteiger partial charge in [-0.3, -0.25) is 9.55 Å². The molecule has 0 fully saturated rings. The molecule has 0 radical (unpaired) electrons. The number of pyridine rings is 1. The third-order valence-electron chi connectivity index (χ3n) is 4.98. The second kappa shape index (κ2) is 8.54. The Kier molecular flexibility index (Phi) is 5.67. The third-order valence-corrected chi connectivity index (χ3v) is 4.98. The summed E-state index contributed by atoms with van der Waals surface area (Å²) in [6.45, 7) is 2.20. The summed E-state index contributed by atoms with van der Waals surface area (Å²) in [6.07, 6.45) is 6.21. The zero-order valence-corrected chi connectivity index (χ0v) is 17.0. The van der Waals surface area contributed by atoms with Crippen LogP contribution in [0.5, 0.6) is 0 Å². The van der Waals surface area contributed by atoms with Gasteiger partial charge in [-0.05, 0) is 48.7 Å². The van der Waals surface area contributed by atoms with Gasteiger partial charge in [0, 0.05) is 25.1 Å². The van der Waals surface area contributed by atoms with Crippen LogP contribution in [0.25, 0.3) is 22.6 Å². The highest BCUT2D eigenvalue weighted by molar-refractivity contribution is 5.69. The van der Waals surface area contributed by atoms with Gasteiger partial charge in [-0.1, -0.05) is 12.1 Å². The molecule has 0 saturated heterocycles. The number of methoxy groups -OCH3 is 2. The number of nitrogens with zero attached hydrogens (tertiary/aromatic N) is 5. The van der Waals surface area contributed by atoms with Crippen LogP contribution in [0.2, 0.25) is 0 Å². The largest absolute Gasteiger partial charge is 0.481 e. The number of aromatic nitrogens is 4. The Morgan fingerprint density at radius 3 is 2.67 bits per heavy atom. The van der Waals surface area contributed by atoms with Crippen LogP contribution >= 0.6 is 0 Å². The van der Waals surface area contributed by atoms with Crippen LogP contribution in [-0.4, -0.2) is 40.2 Å². The van der Waals surface area contributed by atoms with Crippen LogP contribution in [0.1, 0.15) is 23.9 Å². The molecule has 0 saturated carbocycles. The van der Waals surface area contributed by atoms with E-state index in [1.165, 1.54) is 12.1 Å². The Balaban J connectivity index is 1.69. The molecular weight excluding hydrogens is 385 g/mol.